The predicted molar refractivity (Wildman–Crippen MR) is 70.7 cm³/mol. The van der Waals surface area contributed by atoms with Crippen LogP contribution in [0.15, 0.2) is 11.4 Å². The van der Waals surface area contributed by atoms with E-state index >= 15 is 0 Å². The topological polar surface area (TPSA) is 49.6 Å². The van der Waals surface area contributed by atoms with E-state index in [2.05, 4.69) is 4.90 Å². The van der Waals surface area contributed by atoms with Crippen LogP contribution in [0.5, 0.6) is 0 Å². The average molecular weight is 274 g/mol. The van der Waals surface area contributed by atoms with Gasteiger partial charge in [-0.05, 0) is 18.5 Å². The molecule has 1 aliphatic heterocycles. The molecule has 0 radical (unpaired) electrons. The molecule has 2 rings (SSSR count). The smallest absolute Gasteiger partial charge is 0.265 e. The number of nitrogens with two attached hydrogens (primary N) is 1. The van der Waals surface area contributed by atoms with E-state index in [4.69, 9.17) is 17.3 Å². The van der Waals surface area contributed by atoms with Crippen molar-refractivity contribution in [2.75, 3.05) is 33.2 Å². The highest BCUT2D eigenvalue weighted by molar-refractivity contribution is 7.12. The maximum Gasteiger partial charge on any atom is 0.265 e. The van der Waals surface area contributed by atoms with Gasteiger partial charge in [0.2, 0.25) is 0 Å². The van der Waals surface area contributed by atoms with Crippen molar-refractivity contribution in [1.29, 1.82) is 0 Å². The number of halogens is 1. The van der Waals surface area contributed by atoms with Crippen LogP contribution in [-0.4, -0.2) is 55.0 Å². The van der Waals surface area contributed by atoms with Crippen LogP contribution < -0.4 is 5.73 Å². The van der Waals surface area contributed by atoms with Crippen LogP contribution in [0.3, 0.4) is 0 Å². The van der Waals surface area contributed by atoms with E-state index in [0.29, 0.717) is 23.0 Å². The van der Waals surface area contributed by atoms with Crippen LogP contribution in [0, 0.1) is 0 Å². The summed E-state index contributed by atoms with van der Waals surface area (Å²) in [4.78, 5) is 17.0. The van der Waals surface area contributed by atoms with Crippen molar-refractivity contribution in [3.63, 3.8) is 0 Å². The van der Waals surface area contributed by atoms with Crippen molar-refractivity contribution in [3.05, 3.63) is 21.3 Å². The third kappa shape index (κ3) is 2.63. The Kier molecular flexibility index (Phi) is 4.04. The second-order valence-corrected chi connectivity index (χ2v) is 5.57. The lowest BCUT2D eigenvalue weighted by Gasteiger charge is -2.39. The Hall–Kier alpha value is -0.620. The summed E-state index contributed by atoms with van der Waals surface area (Å²) < 4.78 is 0. The first-order chi connectivity index (χ1) is 8.13. The lowest BCUT2D eigenvalue weighted by atomic mass is 10.1. The van der Waals surface area contributed by atoms with Crippen LogP contribution in [0.1, 0.15) is 9.67 Å². The summed E-state index contributed by atoms with van der Waals surface area (Å²) in [6.45, 7) is 2.90. The highest BCUT2D eigenvalue weighted by atomic mass is 35.5. The van der Waals surface area contributed by atoms with E-state index in [1.807, 2.05) is 17.3 Å². The van der Waals surface area contributed by atoms with Crippen molar-refractivity contribution < 1.29 is 4.79 Å². The van der Waals surface area contributed by atoms with E-state index < -0.39 is 0 Å². The maximum atomic E-state index is 12.3. The number of hydrogen-bond donors (Lipinski definition) is 1. The van der Waals surface area contributed by atoms with Gasteiger partial charge in [0, 0.05) is 26.2 Å². The average Bonchev–Trinajstić information content (AvgIpc) is 2.74. The standard InChI is InChI=1S/C11H16ClN3OS/c1-14-3-4-15(8(6-13)7-14)11(16)10-9(12)2-5-17-10/h2,5,8H,3-4,6-7,13H2,1H3. The summed E-state index contributed by atoms with van der Waals surface area (Å²) in [5.41, 5.74) is 5.73. The van der Waals surface area contributed by atoms with Crippen molar-refractivity contribution >= 4 is 28.8 Å². The molecule has 2 heterocycles. The van der Waals surface area contributed by atoms with Gasteiger partial charge in [0.05, 0.1) is 11.1 Å². The van der Waals surface area contributed by atoms with E-state index in [-0.39, 0.29) is 11.9 Å². The zero-order valence-corrected chi connectivity index (χ0v) is 11.3. The molecule has 1 unspecified atom stereocenters. The monoisotopic (exact) mass is 273 g/mol. The summed E-state index contributed by atoms with van der Waals surface area (Å²) in [6.07, 6.45) is 0. The molecule has 0 spiro atoms. The van der Waals surface area contributed by atoms with Gasteiger partial charge in [0.1, 0.15) is 4.88 Å². The Morgan fingerprint density at radius 3 is 3.00 bits per heavy atom. The summed E-state index contributed by atoms with van der Waals surface area (Å²) in [6, 6.07) is 1.84. The van der Waals surface area contributed by atoms with E-state index in [1.165, 1.54) is 11.3 Å². The number of thiophene rings is 1. The molecule has 1 aromatic rings. The number of amides is 1. The first-order valence-electron chi connectivity index (χ1n) is 5.56. The Morgan fingerprint density at radius 2 is 2.41 bits per heavy atom. The first kappa shape index (κ1) is 12.8. The van der Waals surface area contributed by atoms with Crippen LogP contribution in [0.2, 0.25) is 5.02 Å². The number of carbonyl (C=O) groups is 1. The fourth-order valence-corrected chi connectivity index (χ4v) is 3.15. The normalized spacial score (nSPS) is 21.8. The van der Waals surface area contributed by atoms with E-state index in [9.17, 15) is 4.79 Å². The number of rotatable bonds is 2. The second-order valence-electron chi connectivity index (χ2n) is 4.25. The van der Waals surface area contributed by atoms with Crippen molar-refractivity contribution in [3.8, 4) is 0 Å². The zero-order chi connectivity index (χ0) is 12.4. The molecular formula is C11H16ClN3OS. The third-order valence-electron chi connectivity index (χ3n) is 3.03. The highest BCUT2D eigenvalue weighted by Gasteiger charge is 2.30. The molecule has 1 saturated heterocycles. The number of likely N-dealkylation sites (N-methyl/N-ethyl adjacent to an activating group) is 1. The lowest BCUT2D eigenvalue weighted by Crippen LogP contribution is -2.56. The molecule has 4 nitrogen and oxygen atoms in total. The van der Waals surface area contributed by atoms with Crippen molar-refractivity contribution in [2.45, 2.75) is 6.04 Å². The molecule has 2 N–H and O–H groups in total. The quantitative estimate of drug-likeness (QED) is 0.878. The summed E-state index contributed by atoms with van der Waals surface area (Å²) in [5.74, 6) is 0.00792. The summed E-state index contributed by atoms with van der Waals surface area (Å²) in [7, 11) is 2.04. The summed E-state index contributed by atoms with van der Waals surface area (Å²) >= 11 is 7.38. The molecular weight excluding hydrogens is 258 g/mol. The van der Waals surface area contributed by atoms with Gasteiger partial charge >= 0.3 is 0 Å². The van der Waals surface area contributed by atoms with Gasteiger partial charge in [0.25, 0.3) is 5.91 Å². The molecule has 94 valence electrons. The molecule has 1 atom stereocenters. The third-order valence-corrected chi connectivity index (χ3v) is 4.36. The second kappa shape index (κ2) is 5.35. The number of piperazine rings is 1. The minimum Gasteiger partial charge on any atom is -0.331 e. The fraction of sp³-hybridized carbons (Fsp3) is 0.545. The molecule has 0 bridgehead atoms. The van der Waals surface area contributed by atoms with E-state index in [1.54, 1.807) is 6.07 Å². The van der Waals surface area contributed by atoms with Crippen molar-refractivity contribution in [2.24, 2.45) is 5.73 Å². The van der Waals surface area contributed by atoms with Gasteiger partial charge in [-0.3, -0.25) is 4.79 Å². The maximum absolute atomic E-state index is 12.3. The highest BCUT2D eigenvalue weighted by Crippen LogP contribution is 2.25. The lowest BCUT2D eigenvalue weighted by molar-refractivity contribution is 0.0521. The van der Waals surface area contributed by atoms with Crippen molar-refractivity contribution in [1.82, 2.24) is 9.80 Å². The van der Waals surface area contributed by atoms with E-state index in [0.717, 1.165) is 13.1 Å². The summed E-state index contributed by atoms with van der Waals surface area (Å²) in [5, 5.41) is 2.37. The van der Waals surface area contributed by atoms with Gasteiger partial charge in [-0.1, -0.05) is 11.6 Å². The first-order valence-corrected chi connectivity index (χ1v) is 6.82. The van der Waals surface area contributed by atoms with Gasteiger partial charge in [-0.25, -0.2) is 0 Å². The number of nitrogens with zero attached hydrogens (tertiary/aromatic N) is 2. The molecule has 0 saturated carbocycles. The van der Waals surface area contributed by atoms with Crippen LogP contribution in [0.25, 0.3) is 0 Å². The molecule has 1 fully saturated rings. The molecule has 1 aromatic heterocycles. The molecule has 1 amide bonds. The molecule has 17 heavy (non-hydrogen) atoms. The Bertz CT molecular complexity index is 409. The van der Waals surface area contributed by atoms with Crippen LogP contribution >= 0.6 is 22.9 Å². The van der Waals surface area contributed by atoms with Gasteiger partial charge in [-0.15, -0.1) is 11.3 Å². The molecule has 1 aliphatic rings. The SMILES string of the molecule is CN1CCN(C(=O)c2sccc2Cl)C(CN)C1. The molecule has 6 heteroatoms. The van der Waals surface area contributed by atoms with Gasteiger partial charge < -0.3 is 15.5 Å². The number of carbonyl (C=O) groups excluding carboxylic acids is 1. The minimum absolute atomic E-state index is 0.00792. The zero-order valence-electron chi connectivity index (χ0n) is 9.73. The Morgan fingerprint density at radius 1 is 1.65 bits per heavy atom. The predicted octanol–water partition coefficient (Wildman–Crippen LogP) is 1.12. The molecule has 0 aromatic carbocycles. The number of hydrogen-bond acceptors (Lipinski definition) is 4. The largest absolute Gasteiger partial charge is 0.331 e. The Labute approximate surface area is 110 Å². The Balaban J connectivity index is 2.16. The minimum atomic E-state index is 0.00792. The van der Waals surface area contributed by atoms with Crippen LogP contribution in [-0.2, 0) is 0 Å². The van der Waals surface area contributed by atoms with Gasteiger partial charge in [0.15, 0.2) is 0 Å². The molecule has 0 aliphatic carbocycles. The van der Waals surface area contributed by atoms with Crippen LogP contribution in [0.4, 0.5) is 0 Å². The fourth-order valence-electron chi connectivity index (χ4n) is 2.06. The van der Waals surface area contributed by atoms with Gasteiger partial charge in [-0.2, -0.15) is 0 Å².